The third-order valence-corrected chi connectivity index (χ3v) is 5.20. The summed E-state index contributed by atoms with van der Waals surface area (Å²) < 4.78 is 1.19. The van der Waals surface area contributed by atoms with Crippen molar-refractivity contribution in [2.75, 3.05) is 0 Å². The molecular formula is C24H20N4O3. The average Bonchev–Trinajstić information content (AvgIpc) is 3.22. The second kappa shape index (κ2) is 8.28. The highest BCUT2D eigenvalue weighted by molar-refractivity contribution is 5.86. The number of nitrogens with one attached hydrogen (secondary N) is 1. The van der Waals surface area contributed by atoms with Crippen LogP contribution in [-0.4, -0.2) is 25.7 Å². The van der Waals surface area contributed by atoms with Crippen LogP contribution in [0.5, 0.6) is 0 Å². The summed E-state index contributed by atoms with van der Waals surface area (Å²) in [6.45, 7) is 2.01. The van der Waals surface area contributed by atoms with Crippen molar-refractivity contribution >= 4 is 11.6 Å². The number of aromatic nitrogens is 3. The van der Waals surface area contributed by atoms with Crippen molar-refractivity contribution in [3.63, 3.8) is 0 Å². The van der Waals surface area contributed by atoms with Gasteiger partial charge in [-0.15, -0.1) is 0 Å². The summed E-state index contributed by atoms with van der Waals surface area (Å²) in [5.41, 5.74) is 4.48. The second-order valence-corrected chi connectivity index (χ2v) is 7.29. The van der Waals surface area contributed by atoms with E-state index in [1.165, 1.54) is 10.6 Å². The third kappa shape index (κ3) is 3.83. The van der Waals surface area contributed by atoms with Gasteiger partial charge in [-0.25, -0.2) is 14.3 Å². The van der Waals surface area contributed by atoms with E-state index < -0.39 is 5.97 Å². The number of H-pyrrole nitrogens is 1. The zero-order chi connectivity index (χ0) is 22.0. The number of carboxylic acids is 1. The lowest BCUT2D eigenvalue weighted by atomic mass is 9.97. The number of nitriles is 1. The summed E-state index contributed by atoms with van der Waals surface area (Å²) >= 11 is 0. The molecule has 0 unspecified atom stereocenters. The zero-order valence-corrected chi connectivity index (χ0v) is 16.9. The van der Waals surface area contributed by atoms with Crippen LogP contribution in [0.2, 0.25) is 0 Å². The van der Waals surface area contributed by atoms with Crippen LogP contribution >= 0.6 is 0 Å². The highest BCUT2D eigenvalue weighted by Crippen LogP contribution is 2.24. The molecule has 4 rings (SSSR count). The maximum atomic E-state index is 13.1. The Balaban J connectivity index is 1.73. The summed E-state index contributed by atoms with van der Waals surface area (Å²) in [5, 5.41) is 21.2. The van der Waals surface area contributed by atoms with Gasteiger partial charge in [0.2, 0.25) is 0 Å². The van der Waals surface area contributed by atoms with Gasteiger partial charge in [-0.2, -0.15) is 5.26 Å². The first-order valence-corrected chi connectivity index (χ1v) is 9.97. The van der Waals surface area contributed by atoms with Gasteiger partial charge in [-0.05, 0) is 29.2 Å². The van der Waals surface area contributed by atoms with Gasteiger partial charge in [0.25, 0.3) is 5.56 Å². The Morgan fingerprint density at radius 2 is 1.94 bits per heavy atom. The van der Waals surface area contributed by atoms with Crippen LogP contribution in [0.25, 0.3) is 16.8 Å². The van der Waals surface area contributed by atoms with E-state index in [1.54, 1.807) is 6.07 Å². The van der Waals surface area contributed by atoms with Crippen LogP contribution in [0, 0.1) is 11.3 Å². The average molecular weight is 412 g/mol. The van der Waals surface area contributed by atoms with Gasteiger partial charge in [0.05, 0.1) is 17.3 Å². The smallest absolute Gasteiger partial charge is 0.353 e. The van der Waals surface area contributed by atoms with Gasteiger partial charge >= 0.3 is 5.97 Å². The summed E-state index contributed by atoms with van der Waals surface area (Å²) in [6.07, 6.45) is 1.82. The molecule has 0 radical (unpaired) electrons. The van der Waals surface area contributed by atoms with Gasteiger partial charge in [0.1, 0.15) is 5.69 Å². The molecule has 2 heterocycles. The fourth-order valence-corrected chi connectivity index (χ4v) is 3.67. The highest BCUT2D eigenvalue weighted by atomic mass is 16.4. The summed E-state index contributed by atoms with van der Waals surface area (Å²) in [7, 11) is 0. The molecule has 0 fully saturated rings. The predicted molar refractivity (Wildman–Crippen MR) is 116 cm³/mol. The lowest BCUT2D eigenvalue weighted by molar-refractivity contribution is 0.0690. The zero-order valence-electron chi connectivity index (χ0n) is 16.9. The largest absolute Gasteiger partial charge is 0.477 e. The standard InChI is InChI=1S/C24H20N4O3/c1-2-5-20-19(23(29)28-22(26-20)13-21(27-28)24(30)31)12-15-8-10-16(11-9-15)18-7-4-3-6-17(18)14-25/h3-4,6-11,13,27H,2,5,12H2,1H3,(H,30,31). The molecule has 0 saturated heterocycles. The number of aryl methyl sites for hydroxylation is 1. The summed E-state index contributed by atoms with van der Waals surface area (Å²) in [4.78, 5) is 28.9. The minimum absolute atomic E-state index is 0.0790. The van der Waals surface area contributed by atoms with Crippen LogP contribution in [0.3, 0.4) is 0 Å². The normalized spacial score (nSPS) is 10.8. The van der Waals surface area contributed by atoms with Gasteiger partial charge in [0, 0.05) is 18.1 Å². The Morgan fingerprint density at radius 1 is 1.19 bits per heavy atom. The molecule has 0 aliphatic rings. The molecule has 0 bridgehead atoms. The fourth-order valence-electron chi connectivity index (χ4n) is 3.67. The molecular weight excluding hydrogens is 392 g/mol. The number of carbonyl (C=O) groups is 1. The highest BCUT2D eigenvalue weighted by Gasteiger charge is 2.17. The SMILES string of the molecule is CCCc1nc2cc(C(=O)O)[nH]n2c(=O)c1Cc1ccc(-c2ccccc2C#N)cc1. The molecule has 2 aromatic heterocycles. The van der Waals surface area contributed by atoms with Gasteiger partial charge < -0.3 is 5.11 Å². The Hall–Kier alpha value is -4.18. The van der Waals surface area contributed by atoms with E-state index in [0.717, 1.165) is 23.1 Å². The number of aromatic carboxylic acids is 1. The third-order valence-electron chi connectivity index (χ3n) is 5.20. The van der Waals surface area contributed by atoms with Crippen LogP contribution in [0.1, 0.15) is 46.2 Å². The van der Waals surface area contributed by atoms with Crippen molar-refractivity contribution < 1.29 is 9.90 Å². The van der Waals surface area contributed by atoms with E-state index in [4.69, 9.17) is 0 Å². The van der Waals surface area contributed by atoms with E-state index in [9.17, 15) is 20.0 Å². The number of nitrogens with zero attached hydrogens (tertiary/aromatic N) is 3. The molecule has 0 aliphatic carbocycles. The van der Waals surface area contributed by atoms with Crippen molar-refractivity contribution in [2.24, 2.45) is 0 Å². The molecule has 31 heavy (non-hydrogen) atoms. The summed E-state index contributed by atoms with van der Waals surface area (Å²) in [5.74, 6) is -1.14. The number of fused-ring (bicyclic) bond motifs is 1. The quantitative estimate of drug-likeness (QED) is 0.500. The molecule has 7 nitrogen and oxygen atoms in total. The van der Waals surface area contributed by atoms with Crippen LogP contribution in [0.4, 0.5) is 0 Å². The monoisotopic (exact) mass is 412 g/mol. The lowest BCUT2D eigenvalue weighted by Crippen LogP contribution is -2.23. The fraction of sp³-hybridized carbons (Fsp3) is 0.167. The Kier molecular flexibility index (Phi) is 5.37. The minimum Gasteiger partial charge on any atom is -0.477 e. The van der Waals surface area contributed by atoms with Crippen molar-refractivity contribution in [3.05, 3.63) is 93.0 Å². The number of rotatable bonds is 6. The predicted octanol–water partition coefficient (Wildman–Crippen LogP) is 3.80. The molecule has 0 spiro atoms. The maximum Gasteiger partial charge on any atom is 0.353 e. The van der Waals surface area contributed by atoms with Crippen LogP contribution in [0.15, 0.2) is 59.4 Å². The van der Waals surface area contributed by atoms with Crippen LogP contribution < -0.4 is 5.56 Å². The Bertz CT molecular complexity index is 1370. The van der Waals surface area contributed by atoms with E-state index in [-0.39, 0.29) is 11.3 Å². The molecule has 0 amide bonds. The number of carboxylic acid groups (broad SMARTS) is 1. The molecule has 2 aromatic carbocycles. The first-order chi connectivity index (χ1) is 15.0. The Morgan fingerprint density at radius 3 is 2.61 bits per heavy atom. The van der Waals surface area contributed by atoms with Crippen molar-refractivity contribution in [3.8, 4) is 17.2 Å². The van der Waals surface area contributed by atoms with Gasteiger partial charge in [-0.1, -0.05) is 55.8 Å². The lowest BCUT2D eigenvalue weighted by Gasteiger charge is -2.10. The van der Waals surface area contributed by atoms with E-state index in [2.05, 4.69) is 16.2 Å². The van der Waals surface area contributed by atoms with E-state index in [1.807, 2.05) is 49.4 Å². The molecule has 154 valence electrons. The topological polar surface area (TPSA) is 111 Å². The number of hydrogen-bond acceptors (Lipinski definition) is 4. The maximum absolute atomic E-state index is 13.1. The van der Waals surface area contributed by atoms with Gasteiger partial charge in [0.15, 0.2) is 5.65 Å². The van der Waals surface area contributed by atoms with Gasteiger partial charge in [-0.3, -0.25) is 9.89 Å². The minimum atomic E-state index is -1.14. The first-order valence-electron chi connectivity index (χ1n) is 9.97. The molecule has 0 saturated carbocycles. The number of aromatic amines is 1. The van der Waals surface area contributed by atoms with Crippen molar-refractivity contribution in [2.45, 2.75) is 26.2 Å². The molecule has 2 N–H and O–H groups in total. The van der Waals surface area contributed by atoms with Crippen LogP contribution in [-0.2, 0) is 12.8 Å². The van der Waals surface area contributed by atoms with E-state index in [0.29, 0.717) is 35.3 Å². The molecule has 4 aromatic rings. The Labute approximate surface area is 178 Å². The summed E-state index contributed by atoms with van der Waals surface area (Å²) in [6, 6.07) is 18.7. The number of benzene rings is 2. The molecule has 7 heteroatoms. The molecule has 0 atom stereocenters. The number of hydrogen-bond donors (Lipinski definition) is 2. The van der Waals surface area contributed by atoms with E-state index >= 15 is 0 Å². The van der Waals surface area contributed by atoms with Crippen molar-refractivity contribution in [1.29, 1.82) is 5.26 Å². The first kappa shape index (κ1) is 20.1. The molecule has 0 aliphatic heterocycles. The second-order valence-electron chi connectivity index (χ2n) is 7.29. The van der Waals surface area contributed by atoms with Crippen molar-refractivity contribution in [1.82, 2.24) is 14.6 Å².